The smallest absolute Gasteiger partial charge is 0.0178 e. The molecule has 0 saturated heterocycles. The average Bonchev–Trinajstić information content (AvgIpc) is 3.21. The Morgan fingerprint density at radius 2 is 2.00 bits per heavy atom. The van der Waals surface area contributed by atoms with E-state index in [1.54, 1.807) is 0 Å². The minimum absolute atomic E-state index is 0.751. The number of rotatable bonds is 5. The predicted octanol–water partition coefficient (Wildman–Crippen LogP) is 4.47. The van der Waals surface area contributed by atoms with Crippen LogP contribution in [0.5, 0.6) is 0 Å². The molecule has 102 valence electrons. The van der Waals surface area contributed by atoms with Gasteiger partial charge < -0.3 is 5.32 Å². The highest BCUT2D eigenvalue weighted by Gasteiger charge is 2.53. The van der Waals surface area contributed by atoms with Crippen molar-refractivity contribution in [2.24, 2.45) is 11.3 Å². The summed E-state index contributed by atoms with van der Waals surface area (Å²) in [5, 5.41) is 3.85. The first-order valence-electron chi connectivity index (χ1n) is 7.74. The molecule has 4 rings (SSSR count). The molecule has 19 heavy (non-hydrogen) atoms. The molecular formula is C17H22BrN. The van der Waals surface area contributed by atoms with Gasteiger partial charge in [-0.1, -0.05) is 28.1 Å². The van der Waals surface area contributed by atoms with Crippen LogP contribution in [0.3, 0.4) is 0 Å². The lowest BCUT2D eigenvalue weighted by molar-refractivity contribution is 0.262. The quantitative estimate of drug-likeness (QED) is 0.844. The van der Waals surface area contributed by atoms with Gasteiger partial charge in [0.05, 0.1) is 0 Å². The molecule has 0 heterocycles. The molecule has 1 aromatic carbocycles. The van der Waals surface area contributed by atoms with Crippen LogP contribution in [0.25, 0.3) is 0 Å². The summed E-state index contributed by atoms with van der Waals surface area (Å²) < 4.78 is 1.21. The maximum Gasteiger partial charge on any atom is 0.0178 e. The van der Waals surface area contributed by atoms with Gasteiger partial charge in [-0.2, -0.15) is 0 Å². The van der Waals surface area contributed by atoms with Gasteiger partial charge >= 0.3 is 0 Å². The Hall–Kier alpha value is -0.340. The zero-order valence-corrected chi connectivity index (χ0v) is 13.0. The Kier molecular flexibility index (Phi) is 3.00. The second kappa shape index (κ2) is 4.60. The zero-order valence-electron chi connectivity index (χ0n) is 11.4. The van der Waals surface area contributed by atoms with Crippen LogP contribution in [0.15, 0.2) is 28.7 Å². The van der Waals surface area contributed by atoms with Crippen molar-refractivity contribution in [3.8, 4) is 0 Å². The van der Waals surface area contributed by atoms with Gasteiger partial charge in [-0.05, 0) is 73.5 Å². The first kappa shape index (κ1) is 12.4. The largest absolute Gasteiger partial charge is 0.313 e. The third-order valence-corrected chi connectivity index (χ3v) is 6.03. The zero-order chi connectivity index (χ0) is 12.9. The normalized spacial score (nSPS) is 31.8. The van der Waals surface area contributed by atoms with Crippen LogP contribution in [0.4, 0.5) is 0 Å². The van der Waals surface area contributed by atoms with Gasteiger partial charge in [0.25, 0.3) is 0 Å². The van der Waals surface area contributed by atoms with E-state index in [2.05, 4.69) is 45.5 Å². The van der Waals surface area contributed by atoms with Crippen molar-refractivity contribution in [3.63, 3.8) is 0 Å². The van der Waals surface area contributed by atoms with Gasteiger partial charge in [0.15, 0.2) is 0 Å². The number of hydrogen-bond donors (Lipinski definition) is 1. The topological polar surface area (TPSA) is 12.0 Å². The van der Waals surface area contributed by atoms with Gasteiger partial charge in [0, 0.05) is 17.1 Å². The Morgan fingerprint density at radius 1 is 1.21 bits per heavy atom. The first-order valence-corrected chi connectivity index (χ1v) is 8.53. The van der Waals surface area contributed by atoms with E-state index in [1.807, 2.05) is 0 Å². The van der Waals surface area contributed by atoms with Crippen molar-refractivity contribution >= 4 is 15.9 Å². The van der Waals surface area contributed by atoms with Crippen LogP contribution in [0, 0.1) is 11.3 Å². The molecule has 2 heteroatoms. The summed E-state index contributed by atoms with van der Waals surface area (Å²) in [6.07, 6.45) is 8.66. The van der Waals surface area contributed by atoms with E-state index in [0.29, 0.717) is 0 Å². The monoisotopic (exact) mass is 319 g/mol. The van der Waals surface area contributed by atoms with Crippen LogP contribution < -0.4 is 5.32 Å². The van der Waals surface area contributed by atoms with Gasteiger partial charge in [0.1, 0.15) is 0 Å². The molecule has 3 aliphatic rings. The Labute approximate surface area is 124 Å². The summed E-state index contributed by atoms with van der Waals surface area (Å²) in [6.45, 7) is 1.30. The maximum absolute atomic E-state index is 3.85. The number of halogens is 1. The van der Waals surface area contributed by atoms with E-state index in [9.17, 15) is 0 Å². The third-order valence-electron chi connectivity index (χ3n) is 5.54. The highest BCUT2D eigenvalue weighted by molar-refractivity contribution is 9.10. The Bertz CT molecular complexity index is 470. The van der Waals surface area contributed by atoms with Crippen molar-refractivity contribution < 1.29 is 0 Å². The molecule has 0 amide bonds. The fraction of sp³-hybridized carbons (Fsp3) is 0.647. The molecule has 0 radical (unpaired) electrons. The minimum Gasteiger partial charge on any atom is -0.313 e. The molecule has 3 aliphatic carbocycles. The summed E-state index contributed by atoms with van der Waals surface area (Å²) >= 11 is 3.57. The van der Waals surface area contributed by atoms with Gasteiger partial charge in [0.2, 0.25) is 0 Å². The van der Waals surface area contributed by atoms with E-state index in [-0.39, 0.29) is 0 Å². The molecule has 0 atom stereocenters. The SMILES string of the molecule is Brc1cccc(C2CC(NCC3(C4CC4)CC3)C2)c1. The van der Waals surface area contributed by atoms with Crippen molar-refractivity contribution in [1.82, 2.24) is 5.32 Å². The van der Waals surface area contributed by atoms with Crippen molar-refractivity contribution in [2.75, 3.05) is 6.54 Å². The number of benzene rings is 1. The molecule has 0 unspecified atom stereocenters. The summed E-state index contributed by atoms with van der Waals surface area (Å²) in [7, 11) is 0. The lowest BCUT2D eigenvalue weighted by Crippen LogP contribution is -2.43. The van der Waals surface area contributed by atoms with Crippen molar-refractivity contribution in [2.45, 2.75) is 50.5 Å². The third kappa shape index (κ3) is 2.50. The van der Waals surface area contributed by atoms with Crippen LogP contribution in [-0.4, -0.2) is 12.6 Å². The number of hydrogen-bond acceptors (Lipinski definition) is 1. The molecule has 1 nitrogen and oxygen atoms in total. The molecule has 3 saturated carbocycles. The molecule has 0 aromatic heterocycles. The van der Waals surface area contributed by atoms with Gasteiger partial charge in [-0.25, -0.2) is 0 Å². The van der Waals surface area contributed by atoms with Crippen LogP contribution >= 0.6 is 15.9 Å². The van der Waals surface area contributed by atoms with Gasteiger partial charge in [-0.3, -0.25) is 0 Å². The second-order valence-corrected chi connectivity index (χ2v) is 7.85. The minimum atomic E-state index is 0.751. The molecule has 0 bridgehead atoms. The van der Waals surface area contributed by atoms with Gasteiger partial charge in [-0.15, -0.1) is 0 Å². The van der Waals surface area contributed by atoms with Crippen LogP contribution in [0.1, 0.15) is 50.0 Å². The number of nitrogens with one attached hydrogen (secondary N) is 1. The van der Waals surface area contributed by atoms with E-state index in [1.165, 1.54) is 55.1 Å². The Balaban J connectivity index is 1.26. The molecule has 0 aliphatic heterocycles. The first-order chi connectivity index (χ1) is 9.25. The fourth-order valence-electron chi connectivity index (χ4n) is 3.75. The second-order valence-electron chi connectivity index (χ2n) is 6.94. The average molecular weight is 320 g/mol. The lowest BCUT2D eigenvalue weighted by atomic mass is 9.75. The molecular weight excluding hydrogens is 298 g/mol. The highest BCUT2D eigenvalue weighted by Crippen LogP contribution is 2.61. The molecule has 0 spiro atoms. The van der Waals surface area contributed by atoms with E-state index in [4.69, 9.17) is 0 Å². The summed E-state index contributed by atoms with van der Waals surface area (Å²) in [5.41, 5.74) is 2.26. The van der Waals surface area contributed by atoms with E-state index < -0.39 is 0 Å². The maximum atomic E-state index is 3.85. The lowest BCUT2D eigenvalue weighted by Gasteiger charge is -2.37. The molecule has 3 fully saturated rings. The molecule has 1 N–H and O–H groups in total. The van der Waals surface area contributed by atoms with Crippen molar-refractivity contribution in [1.29, 1.82) is 0 Å². The predicted molar refractivity (Wildman–Crippen MR) is 82.3 cm³/mol. The van der Waals surface area contributed by atoms with Crippen LogP contribution in [-0.2, 0) is 0 Å². The van der Waals surface area contributed by atoms with Crippen LogP contribution in [0.2, 0.25) is 0 Å². The van der Waals surface area contributed by atoms with E-state index >= 15 is 0 Å². The Morgan fingerprint density at radius 3 is 2.63 bits per heavy atom. The summed E-state index contributed by atoms with van der Waals surface area (Å²) in [6, 6.07) is 9.61. The van der Waals surface area contributed by atoms with Crippen molar-refractivity contribution in [3.05, 3.63) is 34.3 Å². The fourth-order valence-corrected chi connectivity index (χ4v) is 4.17. The van der Waals surface area contributed by atoms with E-state index in [0.717, 1.165) is 23.3 Å². The summed E-state index contributed by atoms with van der Waals surface area (Å²) in [5.74, 6) is 1.87. The molecule has 1 aromatic rings. The standard InChI is InChI=1S/C17H22BrN/c18-15-3-1-2-12(8-15)13-9-16(10-13)19-11-17(6-7-17)14-4-5-14/h1-3,8,13-14,16,19H,4-7,9-11H2. The summed E-state index contributed by atoms with van der Waals surface area (Å²) in [4.78, 5) is 0. The highest BCUT2D eigenvalue weighted by atomic mass is 79.9.